The summed E-state index contributed by atoms with van der Waals surface area (Å²) in [6, 6.07) is 1.78. The zero-order valence-electron chi connectivity index (χ0n) is 7.80. The molecule has 0 aliphatic carbocycles. The Kier molecular flexibility index (Phi) is 4.65. The topological polar surface area (TPSA) is 45.1 Å². The van der Waals surface area contributed by atoms with Crippen LogP contribution in [0.4, 0.5) is 5.82 Å². The molecule has 14 heavy (non-hydrogen) atoms. The lowest BCUT2D eigenvalue weighted by molar-refractivity contribution is 0.188. The third-order valence-corrected chi connectivity index (χ3v) is 2.38. The number of anilines is 1. The van der Waals surface area contributed by atoms with Crippen LogP contribution in [0.1, 0.15) is 13.3 Å². The van der Waals surface area contributed by atoms with Crippen molar-refractivity contribution in [3.05, 3.63) is 21.8 Å². The van der Waals surface area contributed by atoms with Crippen LogP contribution in [0.5, 0.6) is 0 Å². The summed E-state index contributed by atoms with van der Waals surface area (Å²) in [5.74, 6) is 0.649. The minimum Gasteiger partial charge on any atom is -0.393 e. The molecule has 0 radical (unpaired) electrons. The van der Waals surface area contributed by atoms with Gasteiger partial charge in [0.25, 0.3) is 0 Å². The number of hydrogen-bond donors (Lipinski definition) is 2. The standard InChI is InChI=1S/C9H12BrClN2O/c1-6(14)2-3-12-9-8(11)4-7(10)5-13-9/h4-6,14H,2-3H2,1H3,(H,12,13)/t6-/m1/s1. The summed E-state index contributed by atoms with van der Waals surface area (Å²) in [5, 5.41) is 12.7. The molecule has 5 heteroatoms. The van der Waals surface area contributed by atoms with E-state index < -0.39 is 0 Å². The van der Waals surface area contributed by atoms with Crippen molar-refractivity contribution >= 4 is 33.3 Å². The van der Waals surface area contributed by atoms with Gasteiger partial charge in [0.1, 0.15) is 5.82 Å². The van der Waals surface area contributed by atoms with Gasteiger partial charge < -0.3 is 10.4 Å². The van der Waals surface area contributed by atoms with Crippen molar-refractivity contribution in [1.29, 1.82) is 0 Å². The second-order valence-electron chi connectivity index (χ2n) is 3.05. The van der Waals surface area contributed by atoms with Gasteiger partial charge in [0.15, 0.2) is 0 Å². The van der Waals surface area contributed by atoms with Crippen LogP contribution >= 0.6 is 27.5 Å². The Morgan fingerprint density at radius 1 is 1.71 bits per heavy atom. The molecular weight excluding hydrogens is 267 g/mol. The number of nitrogens with zero attached hydrogens (tertiary/aromatic N) is 1. The van der Waals surface area contributed by atoms with E-state index in [1.54, 1.807) is 19.2 Å². The number of aromatic nitrogens is 1. The molecule has 0 fully saturated rings. The molecule has 1 aromatic heterocycles. The monoisotopic (exact) mass is 278 g/mol. The molecule has 0 saturated heterocycles. The Morgan fingerprint density at radius 3 is 3.00 bits per heavy atom. The molecule has 0 aromatic carbocycles. The summed E-state index contributed by atoms with van der Waals surface area (Å²) in [7, 11) is 0. The van der Waals surface area contributed by atoms with Crippen molar-refractivity contribution in [2.75, 3.05) is 11.9 Å². The van der Waals surface area contributed by atoms with E-state index in [2.05, 4.69) is 26.2 Å². The van der Waals surface area contributed by atoms with Crippen LogP contribution < -0.4 is 5.32 Å². The fourth-order valence-electron chi connectivity index (χ4n) is 0.944. The van der Waals surface area contributed by atoms with Crippen molar-refractivity contribution in [3.63, 3.8) is 0 Å². The largest absolute Gasteiger partial charge is 0.393 e. The van der Waals surface area contributed by atoms with E-state index in [-0.39, 0.29) is 6.10 Å². The number of nitrogens with one attached hydrogen (secondary N) is 1. The van der Waals surface area contributed by atoms with Crippen LogP contribution in [0.25, 0.3) is 0 Å². The number of aliphatic hydroxyl groups is 1. The minimum atomic E-state index is -0.309. The third-order valence-electron chi connectivity index (χ3n) is 1.66. The third kappa shape index (κ3) is 3.82. The van der Waals surface area contributed by atoms with Crippen molar-refractivity contribution < 1.29 is 5.11 Å². The molecule has 0 spiro atoms. The second-order valence-corrected chi connectivity index (χ2v) is 4.37. The predicted molar refractivity (Wildman–Crippen MR) is 61.7 cm³/mol. The quantitative estimate of drug-likeness (QED) is 0.891. The van der Waals surface area contributed by atoms with Crippen molar-refractivity contribution in [2.45, 2.75) is 19.4 Å². The van der Waals surface area contributed by atoms with Crippen LogP contribution in [-0.2, 0) is 0 Å². The molecule has 1 atom stereocenters. The molecule has 0 aliphatic heterocycles. The normalized spacial score (nSPS) is 12.6. The predicted octanol–water partition coefficient (Wildman–Crippen LogP) is 2.68. The Balaban J connectivity index is 2.51. The van der Waals surface area contributed by atoms with Gasteiger partial charge in [0.2, 0.25) is 0 Å². The van der Waals surface area contributed by atoms with Crippen LogP contribution in [-0.4, -0.2) is 22.7 Å². The molecule has 1 aromatic rings. The molecule has 78 valence electrons. The summed E-state index contributed by atoms with van der Waals surface area (Å²) < 4.78 is 0.851. The summed E-state index contributed by atoms with van der Waals surface area (Å²) in [6.07, 6.45) is 2.04. The van der Waals surface area contributed by atoms with Crippen LogP contribution in [0, 0.1) is 0 Å². The maximum Gasteiger partial charge on any atom is 0.144 e. The summed E-state index contributed by atoms with van der Waals surface area (Å²) in [4.78, 5) is 4.10. The number of aliphatic hydroxyl groups excluding tert-OH is 1. The van der Waals surface area contributed by atoms with E-state index in [4.69, 9.17) is 16.7 Å². The summed E-state index contributed by atoms with van der Waals surface area (Å²) in [5.41, 5.74) is 0. The average molecular weight is 280 g/mol. The van der Waals surface area contributed by atoms with Gasteiger partial charge in [-0.2, -0.15) is 0 Å². The van der Waals surface area contributed by atoms with Gasteiger partial charge in [-0.1, -0.05) is 11.6 Å². The van der Waals surface area contributed by atoms with Crippen LogP contribution in [0.3, 0.4) is 0 Å². The van der Waals surface area contributed by atoms with E-state index in [1.807, 2.05) is 0 Å². The number of rotatable bonds is 4. The van der Waals surface area contributed by atoms with Crippen molar-refractivity contribution in [3.8, 4) is 0 Å². The summed E-state index contributed by atoms with van der Waals surface area (Å²) >= 11 is 9.20. The molecule has 0 aliphatic rings. The lowest BCUT2D eigenvalue weighted by atomic mass is 10.3. The van der Waals surface area contributed by atoms with Gasteiger partial charge in [0.05, 0.1) is 11.1 Å². The highest BCUT2D eigenvalue weighted by molar-refractivity contribution is 9.10. The van der Waals surface area contributed by atoms with Crippen LogP contribution in [0.2, 0.25) is 5.02 Å². The first-order valence-corrected chi connectivity index (χ1v) is 5.49. The van der Waals surface area contributed by atoms with Crippen LogP contribution in [0.15, 0.2) is 16.7 Å². The van der Waals surface area contributed by atoms with E-state index in [9.17, 15) is 0 Å². The first kappa shape index (κ1) is 11.8. The number of halogens is 2. The minimum absolute atomic E-state index is 0.309. The van der Waals surface area contributed by atoms with Gasteiger partial charge >= 0.3 is 0 Å². The maximum atomic E-state index is 9.04. The maximum absolute atomic E-state index is 9.04. The van der Waals surface area contributed by atoms with Gasteiger partial charge in [0, 0.05) is 17.2 Å². The Hall–Kier alpha value is -0.320. The van der Waals surface area contributed by atoms with E-state index in [0.717, 1.165) is 4.47 Å². The molecule has 1 heterocycles. The molecule has 1 rings (SSSR count). The van der Waals surface area contributed by atoms with Crippen molar-refractivity contribution in [1.82, 2.24) is 4.98 Å². The van der Waals surface area contributed by atoms with Gasteiger partial charge in [-0.25, -0.2) is 4.98 Å². The molecule has 0 unspecified atom stereocenters. The molecule has 0 saturated carbocycles. The first-order valence-electron chi connectivity index (χ1n) is 4.32. The van der Waals surface area contributed by atoms with E-state index >= 15 is 0 Å². The van der Waals surface area contributed by atoms with Gasteiger partial charge in [-0.15, -0.1) is 0 Å². The van der Waals surface area contributed by atoms with E-state index in [0.29, 0.717) is 23.8 Å². The Bertz CT molecular complexity index is 307. The smallest absolute Gasteiger partial charge is 0.144 e. The highest BCUT2D eigenvalue weighted by Gasteiger charge is 2.02. The zero-order valence-corrected chi connectivity index (χ0v) is 10.1. The molecule has 0 bridgehead atoms. The van der Waals surface area contributed by atoms with Gasteiger partial charge in [-0.05, 0) is 35.3 Å². The molecular formula is C9H12BrClN2O. The van der Waals surface area contributed by atoms with Crippen molar-refractivity contribution in [2.24, 2.45) is 0 Å². The first-order chi connectivity index (χ1) is 6.59. The van der Waals surface area contributed by atoms with E-state index in [1.165, 1.54) is 0 Å². The Labute approximate surface area is 96.6 Å². The fraction of sp³-hybridized carbons (Fsp3) is 0.444. The highest BCUT2D eigenvalue weighted by atomic mass is 79.9. The molecule has 2 N–H and O–H groups in total. The Morgan fingerprint density at radius 2 is 2.43 bits per heavy atom. The molecule has 3 nitrogen and oxygen atoms in total. The van der Waals surface area contributed by atoms with Gasteiger partial charge in [-0.3, -0.25) is 0 Å². The zero-order chi connectivity index (χ0) is 10.6. The highest BCUT2D eigenvalue weighted by Crippen LogP contribution is 2.22. The fourth-order valence-corrected chi connectivity index (χ4v) is 1.64. The number of hydrogen-bond acceptors (Lipinski definition) is 3. The SMILES string of the molecule is C[C@@H](O)CCNc1ncc(Br)cc1Cl. The lowest BCUT2D eigenvalue weighted by Crippen LogP contribution is -2.10. The second kappa shape index (κ2) is 5.53. The summed E-state index contributed by atoms with van der Waals surface area (Å²) in [6.45, 7) is 2.41. The number of pyridine rings is 1. The molecule has 0 amide bonds. The lowest BCUT2D eigenvalue weighted by Gasteiger charge is -2.08. The average Bonchev–Trinajstić information content (AvgIpc) is 2.08.